The number of hydrogen-bond donors (Lipinski definition) is 0. The van der Waals surface area contributed by atoms with Crippen LogP contribution < -0.4 is 4.74 Å². The van der Waals surface area contributed by atoms with Gasteiger partial charge in [0.05, 0.1) is 0 Å². The van der Waals surface area contributed by atoms with Crippen LogP contribution in [-0.2, 0) is 6.54 Å². The van der Waals surface area contributed by atoms with E-state index in [0.717, 1.165) is 0 Å². The Labute approximate surface area is 98.6 Å². The fraction of sp³-hybridized carbons (Fsp3) is 0.273. The summed E-state index contributed by atoms with van der Waals surface area (Å²) in [5.41, 5.74) is 0.373. The maximum atomic E-state index is 9.01. The number of hydrogen-bond acceptors (Lipinski definition) is 4. The van der Waals surface area contributed by atoms with Crippen molar-refractivity contribution in [1.82, 2.24) is 9.78 Å². The first-order valence-corrected chi connectivity index (χ1v) is 5.55. The van der Waals surface area contributed by atoms with Crippen molar-refractivity contribution in [3.8, 4) is 36.6 Å². The molecule has 80 valence electrons. The fourth-order valence-corrected chi connectivity index (χ4v) is 1.79. The smallest absolute Gasteiger partial charge is 0.253 e. The van der Waals surface area contributed by atoms with Crippen LogP contribution >= 0.6 is 11.8 Å². The van der Waals surface area contributed by atoms with E-state index in [1.165, 1.54) is 11.8 Å². The summed E-state index contributed by atoms with van der Waals surface area (Å²) >= 11 is 1.39. The van der Waals surface area contributed by atoms with E-state index < -0.39 is 0 Å². The van der Waals surface area contributed by atoms with E-state index in [4.69, 9.17) is 22.8 Å². The standard InChI is InChI=1S/C11H9N3OS/c1-4-6-14-11(16-3)9(8-12)10(13-14)15-7-5-2/h1-2H,6-7H2,3H3. The van der Waals surface area contributed by atoms with Crippen LogP contribution in [0.5, 0.6) is 5.88 Å². The first-order chi connectivity index (χ1) is 7.78. The quantitative estimate of drug-likeness (QED) is 0.575. The average molecular weight is 231 g/mol. The summed E-state index contributed by atoms with van der Waals surface area (Å²) < 4.78 is 6.72. The zero-order chi connectivity index (χ0) is 12.0. The van der Waals surface area contributed by atoms with Crippen molar-refractivity contribution in [1.29, 1.82) is 5.26 Å². The highest BCUT2D eigenvalue weighted by atomic mass is 32.2. The number of aromatic nitrogens is 2. The number of nitrogens with zero attached hydrogens (tertiary/aromatic N) is 3. The van der Waals surface area contributed by atoms with Crippen LogP contribution in [0.25, 0.3) is 0 Å². The third kappa shape index (κ3) is 2.31. The third-order valence-corrected chi connectivity index (χ3v) is 2.51. The highest BCUT2D eigenvalue weighted by Crippen LogP contribution is 2.27. The van der Waals surface area contributed by atoms with Gasteiger partial charge in [-0.25, -0.2) is 4.68 Å². The second-order valence-corrected chi connectivity index (χ2v) is 3.45. The second-order valence-electron chi connectivity index (χ2n) is 2.66. The van der Waals surface area contributed by atoms with Gasteiger partial charge in [0.25, 0.3) is 5.88 Å². The number of nitriles is 1. The molecule has 0 spiro atoms. The molecule has 1 aromatic rings. The Morgan fingerprint density at radius 2 is 2.25 bits per heavy atom. The van der Waals surface area contributed by atoms with E-state index in [-0.39, 0.29) is 12.5 Å². The largest absolute Gasteiger partial charge is 0.462 e. The molecule has 0 aliphatic carbocycles. The summed E-state index contributed by atoms with van der Waals surface area (Å²) in [6, 6.07) is 2.04. The van der Waals surface area contributed by atoms with Gasteiger partial charge >= 0.3 is 0 Å². The van der Waals surface area contributed by atoms with Gasteiger partial charge < -0.3 is 4.74 Å². The van der Waals surface area contributed by atoms with Crippen molar-refractivity contribution in [2.75, 3.05) is 12.9 Å². The molecular weight excluding hydrogens is 222 g/mol. The Morgan fingerprint density at radius 1 is 1.50 bits per heavy atom. The molecule has 0 unspecified atom stereocenters. The van der Waals surface area contributed by atoms with E-state index in [9.17, 15) is 0 Å². The summed E-state index contributed by atoms with van der Waals surface area (Å²) in [5.74, 6) is 5.02. The molecule has 0 saturated heterocycles. The van der Waals surface area contributed by atoms with Gasteiger partial charge in [-0.1, -0.05) is 11.8 Å². The predicted molar refractivity (Wildman–Crippen MR) is 61.9 cm³/mol. The van der Waals surface area contributed by atoms with Crippen molar-refractivity contribution in [3.63, 3.8) is 0 Å². The first-order valence-electron chi connectivity index (χ1n) is 4.33. The van der Waals surface area contributed by atoms with Gasteiger partial charge in [-0.15, -0.1) is 29.7 Å². The molecule has 16 heavy (non-hydrogen) atoms. The lowest BCUT2D eigenvalue weighted by Crippen LogP contribution is -2.00. The number of rotatable bonds is 4. The fourth-order valence-electron chi connectivity index (χ4n) is 1.13. The Hall–Kier alpha value is -2.03. The maximum Gasteiger partial charge on any atom is 0.253 e. The monoisotopic (exact) mass is 231 g/mol. The van der Waals surface area contributed by atoms with Crippen LogP contribution in [-0.4, -0.2) is 22.6 Å². The van der Waals surface area contributed by atoms with Crippen molar-refractivity contribution in [3.05, 3.63) is 5.56 Å². The molecule has 0 radical (unpaired) electrons. The summed E-state index contributed by atoms with van der Waals surface area (Å²) in [6.45, 7) is 0.375. The molecule has 0 aliphatic rings. The van der Waals surface area contributed by atoms with E-state index >= 15 is 0 Å². The SMILES string of the molecule is C#CCOc1nn(CC#C)c(SC)c1C#N. The zero-order valence-corrected chi connectivity index (χ0v) is 9.54. The van der Waals surface area contributed by atoms with Crippen LogP contribution in [0.15, 0.2) is 5.03 Å². The van der Waals surface area contributed by atoms with Crippen LogP contribution in [0, 0.1) is 36.0 Å². The lowest BCUT2D eigenvalue weighted by molar-refractivity contribution is 0.349. The van der Waals surface area contributed by atoms with Gasteiger partial charge in [0.15, 0.2) is 6.61 Å². The highest BCUT2D eigenvalue weighted by molar-refractivity contribution is 7.98. The Bertz CT molecular complexity index is 499. The normalized spacial score (nSPS) is 8.88. The minimum Gasteiger partial charge on any atom is -0.462 e. The maximum absolute atomic E-state index is 9.01. The molecule has 5 heteroatoms. The molecule has 0 atom stereocenters. The lowest BCUT2D eigenvalue weighted by atomic mass is 10.4. The lowest BCUT2D eigenvalue weighted by Gasteiger charge is -1.98. The Kier molecular flexibility index (Phi) is 4.33. The van der Waals surface area contributed by atoms with Crippen LogP contribution in [0.2, 0.25) is 0 Å². The van der Waals surface area contributed by atoms with Crippen LogP contribution in [0.4, 0.5) is 0 Å². The average Bonchev–Trinajstić information content (AvgIpc) is 2.63. The van der Waals surface area contributed by atoms with Crippen molar-refractivity contribution >= 4 is 11.8 Å². The van der Waals surface area contributed by atoms with Gasteiger partial charge in [-0.05, 0) is 6.26 Å². The van der Waals surface area contributed by atoms with Crippen molar-refractivity contribution < 1.29 is 4.74 Å². The molecule has 1 aromatic heterocycles. The van der Waals surface area contributed by atoms with Gasteiger partial charge in [0.1, 0.15) is 23.2 Å². The van der Waals surface area contributed by atoms with E-state index in [1.54, 1.807) is 4.68 Å². The number of terminal acetylenes is 2. The molecule has 0 saturated carbocycles. The molecule has 0 amide bonds. The predicted octanol–water partition coefficient (Wildman–Crippen LogP) is 1.12. The summed E-state index contributed by atoms with van der Waals surface area (Å²) in [7, 11) is 0. The number of thioether (sulfide) groups is 1. The van der Waals surface area contributed by atoms with Gasteiger partial charge in [0, 0.05) is 0 Å². The minimum atomic E-state index is 0.0789. The molecule has 4 nitrogen and oxygen atoms in total. The summed E-state index contributed by atoms with van der Waals surface area (Å²) in [4.78, 5) is 0. The summed E-state index contributed by atoms with van der Waals surface area (Å²) in [6.07, 6.45) is 12.1. The van der Waals surface area contributed by atoms with Crippen LogP contribution in [0.3, 0.4) is 0 Å². The minimum absolute atomic E-state index is 0.0789. The molecule has 1 rings (SSSR count). The van der Waals surface area contributed by atoms with Crippen LogP contribution in [0.1, 0.15) is 5.56 Å². The summed E-state index contributed by atoms with van der Waals surface area (Å²) in [5, 5.41) is 13.8. The Balaban J connectivity index is 3.16. The first kappa shape index (κ1) is 12.0. The van der Waals surface area contributed by atoms with Gasteiger partial charge in [0.2, 0.25) is 0 Å². The zero-order valence-electron chi connectivity index (χ0n) is 8.73. The Morgan fingerprint density at radius 3 is 2.75 bits per heavy atom. The van der Waals surface area contributed by atoms with E-state index in [2.05, 4.69) is 16.9 Å². The molecule has 0 aromatic carbocycles. The number of ether oxygens (including phenoxy) is 1. The third-order valence-electron chi connectivity index (χ3n) is 1.71. The molecule has 1 heterocycles. The molecule has 0 aliphatic heterocycles. The second kappa shape index (κ2) is 5.75. The van der Waals surface area contributed by atoms with Crippen molar-refractivity contribution in [2.45, 2.75) is 11.6 Å². The molecule has 0 N–H and O–H groups in total. The van der Waals surface area contributed by atoms with E-state index in [1.807, 2.05) is 12.3 Å². The van der Waals surface area contributed by atoms with Crippen molar-refractivity contribution in [2.24, 2.45) is 0 Å². The van der Waals surface area contributed by atoms with Gasteiger partial charge in [-0.3, -0.25) is 0 Å². The molecular formula is C11H9N3OS. The highest BCUT2D eigenvalue weighted by Gasteiger charge is 2.17. The molecule has 0 bridgehead atoms. The van der Waals surface area contributed by atoms with Gasteiger partial charge in [-0.2, -0.15) is 5.26 Å². The van der Waals surface area contributed by atoms with E-state index in [0.29, 0.717) is 17.1 Å². The topological polar surface area (TPSA) is 50.8 Å². The molecule has 0 fully saturated rings.